The number of rotatable bonds is 7. The average molecular weight is 340 g/mol. The van der Waals surface area contributed by atoms with E-state index in [0.717, 1.165) is 25.2 Å². The van der Waals surface area contributed by atoms with Gasteiger partial charge in [-0.1, -0.05) is 18.2 Å². The van der Waals surface area contributed by atoms with Crippen LogP contribution in [-0.4, -0.2) is 52.4 Å². The van der Waals surface area contributed by atoms with E-state index < -0.39 is 10.0 Å². The molecule has 0 saturated carbocycles. The van der Waals surface area contributed by atoms with E-state index in [1.165, 1.54) is 0 Å². The minimum Gasteiger partial charge on any atom is -0.369 e. The van der Waals surface area contributed by atoms with Crippen LogP contribution in [0.1, 0.15) is 13.3 Å². The van der Waals surface area contributed by atoms with Gasteiger partial charge in [0.2, 0.25) is 10.0 Å². The molecular weight excluding hydrogens is 316 g/mol. The van der Waals surface area contributed by atoms with E-state index in [-0.39, 0.29) is 30.9 Å². The van der Waals surface area contributed by atoms with Crippen molar-refractivity contribution in [2.45, 2.75) is 19.4 Å². The summed E-state index contributed by atoms with van der Waals surface area (Å²) in [5.41, 5.74) is 1.16. The van der Waals surface area contributed by atoms with Crippen LogP contribution in [0.3, 0.4) is 0 Å². The zero-order valence-corrected chi connectivity index (χ0v) is 14.1. The van der Waals surface area contributed by atoms with Gasteiger partial charge in [-0.2, -0.15) is 0 Å². The first-order valence-electron chi connectivity index (χ1n) is 7.82. The van der Waals surface area contributed by atoms with Gasteiger partial charge in [0.15, 0.2) is 0 Å². The van der Waals surface area contributed by atoms with Crippen LogP contribution in [0.2, 0.25) is 0 Å². The zero-order chi connectivity index (χ0) is 16.7. The van der Waals surface area contributed by atoms with Crippen molar-refractivity contribution in [3.8, 4) is 0 Å². The molecule has 2 rings (SSSR count). The van der Waals surface area contributed by atoms with Crippen molar-refractivity contribution in [1.82, 2.24) is 15.4 Å². The van der Waals surface area contributed by atoms with Crippen molar-refractivity contribution in [3.05, 3.63) is 30.3 Å². The molecular formula is C15H24N4O3S. The van der Waals surface area contributed by atoms with Crippen LogP contribution in [0.5, 0.6) is 0 Å². The van der Waals surface area contributed by atoms with E-state index in [9.17, 15) is 13.2 Å². The number of nitrogens with zero attached hydrogens (tertiary/aromatic N) is 1. The molecule has 1 aliphatic heterocycles. The monoisotopic (exact) mass is 340 g/mol. The smallest absolute Gasteiger partial charge is 0.315 e. The molecule has 1 fully saturated rings. The maximum Gasteiger partial charge on any atom is 0.315 e. The van der Waals surface area contributed by atoms with Crippen molar-refractivity contribution in [2.24, 2.45) is 0 Å². The fraction of sp³-hybridized carbons (Fsp3) is 0.533. The quantitative estimate of drug-likeness (QED) is 0.631. The highest BCUT2D eigenvalue weighted by atomic mass is 32.2. The second-order valence-corrected chi connectivity index (χ2v) is 7.56. The third-order valence-electron chi connectivity index (χ3n) is 3.76. The van der Waals surface area contributed by atoms with E-state index in [1.54, 1.807) is 6.92 Å². The van der Waals surface area contributed by atoms with Crippen molar-refractivity contribution in [3.63, 3.8) is 0 Å². The minimum absolute atomic E-state index is 0.0383. The molecule has 1 aliphatic rings. The number of anilines is 1. The molecule has 1 aromatic rings. The fourth-order valence-corrected chi connectivity index (χ4v) is 3.09. The normalized spacial score (nSPS) is 18.0. The Morgan fingerprint density at radius 3 is 2.70 bits per heavy atom. The lowest BCUT2D eigenvalue weighted by Gasteiger charge is -2.19. The Labute approximate surface area is 137 Å². The molecule has 0 radical (unpaired) electrons. The molecule has 3 N–H and O–H groups in total. The molecule has 1 saturated heterocycles. The number of nitrogens with one attached hydrogen (secondary N) is 3. The Kier molecular flexibility index (Phi) is 6.23. The maximum atomic E-state index is 11.8. The summed E-state index contributed by atoms with van der Waals surface area (Å²) < 4.78 is 24.9. The number of sulfonamides is 1. The highest BCUT2D eigenvalue weighted by Crippen LogP contribution is 2.19. The highest BCUT2D eigenvalue weighted by molar-refractivity contribution is 7.89. The van der Waals surface area contributed by atoms with Gasteiger partial charge in [0.25, 0.3) is 0 Å². The van der Waals surface area contributed by atoms with Gasteiger partial charge in [0.05, 0.1) is 5.75 Å². The summed E-state index contributed by atoms with van der Waals surface area (Å²) in [6, 6.07) is 9.93. The predicted molar refractivity (Wildman–Crippen MR) is 91.1 cm³/mol. The standard InChI is InChI=1S/C15H24N4O3S/c1-2-23(21,22)17-10-9-16-15(20)18-13-8-11-19(12-13)14-6-4-3-5-7-14/h3-7,13,17H,2,8-12H2,1H3,(H2,16,18,20). The summed E-state index contributed by atoms with van der Waals surface area (Å²) >= 11 is 0. The number of carbonyl (C=O) groups is 1. The number of urea groups is 1. The minimum atomic E-state index is -3.21. The Balaban J connectivity index is 1.67. The molecule has 7 nitrogen and oxygen atoms in total. The number of carbonyl (C=O) groups excluding carboxylic acids is 1. The molecule has 0 aliphatic carbocycles. The first-order chi connectivity index (χ1) is 11.0. The van der Waals surface area contributed by atoms with Crippen LogP contribution >= 0.6 is 0 Å². The summed E-state index contributed by atoms with van der Waals surface area (Å²) in [5.74, 6) is 0.0383. The molecule has 2 amide bonds. The third kappa shape index (κ3) is 5.72. The molecule has 1 heterocycles. The van der Waals surface area contributed by atoms with Crippen molar-refractivity contribution in [2.75, 3.05) is 36.8 Å². The summed E-state index contributed by atoms with van der Waals surface area (Å²) in [4.78, 5) is 14.1. The molecule has 0 spiro atoms. The van der Waals surface area contributed by atoms with Gasteiger partial charge in [-0.15, -0.1) is 0 Å². The number of hydrogen-bond acceptors (Lipinski definition) is 4. The van der Waals surface area contributed by atoms with Gasteiger partial charge in [-0.05, 0) is 25.5 Å². The van der Waals surface area contributed by atoms with Gasteiger partial charge >= 0.3 is 6.03 Å². The third-order valence-corrected chi connectivity index (χ3v) is 5.16. The summed E-state index contributed by atoms with van der Waals surface area (Å²) in [7, 11) is -3.21. The molecule has 8 heteroatoms. The Morgan fingerprint density at radius 1 is 1.26 bits per heavy atom. The summed E-state index contributed by atoms with van der Waals surface area (Å²) in [5, 5.41) is 5.59. The van der Waals surface area contributed by atoms with E-state index in [4.69, 9.17) is 0 Å². The Hall–Kier alpha value is -1.80. The molecule has 128 valence electrons. The molecule has 1 unspecified atom stereocenters. The van der Waals surface area contributed by atoms with Crippen molar-refractivity contribution >= 4 is 21.7 Å². The van der Waals surface area contributed by atoms with Crippen LogP contribution in [0.4, 0.5) is 10.5 Å². The largest absolute Gasteiger partial charge is 0.369 e. The average Bonchev–Trinajstić information content (AvgIpc) is 3.01. The fourth-order valence-electron chi connectivity index (χ4n) is 2.47. The molecule has 0 bridgehead atoms. The van der Waals surface area contributed by atoms with Gasteiger partial charge < -0.3 is 15.5 Å². The Morgan fingerprint density at radius 2 is 2.00 bits per heavy atom. The molecule has 1 atom stereocenters. The summed E-state index contributed by atoms with van der Waals surface area (Å²) in [6.07, 6.45) is 0.894. The lowest BCUT2D eigenvalue weighted by atomic mass is 10.3. The van der Waals surface area contributed by atoms with Crippen LogP contribution in [0.25, 0.3) is 0 Å². The van der Waals surface area contributed by atoms with Gasteiger partial charge in [0, 0.05) is 37.9 Å². The van der Waals surface area contributed by atoms with Crippen molar-refractivity contribution in [1.29, 1.82) is 0 Å². The highest BCUT2D eigenvalue weighted by Gasteiger charge is 2.23. The second-order valence-electron chi connectivity index (χ2n) is 5.47. The molecule has 0 aromatic heterocycles. The van der Waals surface area contributed by atoms with Crippen LogP contribution in [-0.2, 0) is 10.0 Å². The van der Waals surface area contributed by atoms with Gasteiger partial charge in [0.1, 0.15) is 0 Å². The SMILES string of the molecule is CCS(=O)(=O)NCCNC(=O)NC1CCN(c2ccccc2)C1. The van der Waals surface area contributed by atoms with Crippen LogP contribution < -0.4 is 20.3 Å². The second kappa shape index (κ2) is 8.16. The number of benzene rings is 1. The lowest BCUT2D eigenvalue weighted by molar-refractivity contribution is 0.238. The Bertz CT molecular complexity index is 606. The van der Waals surface area contributed by atoms with E-state index >= 15 is 0 Å². The van der Waals surface area contributed by atoms with E-state index in [2.05, 4.69) is 32.4 Å². The predicted octanol–water partition coefficient (Wildman–Crippen LogP) is 0.504. The molecule has 1 aromatic carbocycles. The van der Waals surface area contributed by atoms with E-state index in [1.807, 2.05) is 18.2 Å². The van der Waals surface area contributed by atoms with Crippen LogP contribution in [0, 0.1) is 0 Å². The lowest BCUT2D eigenvalue weighted by Crippen LogP contribution is -2.45. The summed E-state index contributed by atoms with van der Waals surface area (Å²) in [6.45, 7) is 3.72. The number of para-hydroxylation sites is 1. The van der Waals surface area contributed by atoms with Gasteiger partial charge in [-0.25, -0.2) is 17.9 Å². The van der Waals surface area contributed by atoms with Gasteiger partial charge in [-0.3, -0.25) is 0 Å². The zero-order valence-electron chi connectivity index (χ0n) is 13.3. The topological polar surface area (TPSA) is 90.5 Å². The van der Waals surface area contributed by atoms with Crippen LogP contribution in [0.15, 0.2) is 30.3 Å². The number of amides is 2. The number of hydrogen-bond donors (Lipinski definition) is 3. The van der Waals surface area contributed by atoms with E-state index in [0.29, 0.717) is 0 Å². The first-order valence-corrected chi connectivity index (χ1v) is 9.47. The van der Waals surface area contributed by atoms with Crippen molar-refractivity contribution < 1.29 is 13.2 Å². The maximum absolute atomic E-state index is 11.8. The molecule has 23 heavy (non-hydrogen) atoms. The first kappa shape index (κ1) is 17.6.